The van der Waals surface area contributed by atoms with Gasteiger partial charge in [0, 0.05) is 25.7 Å². The average Bonchev–Trinajstić information content (AvgIpc) is 2.38. The lowest BCUT2D eigenvalue weighted by Gasteiger charge is -2.33. The van der Waals surface area contributed by atoms with Gasteiger partial charge < -0.3 is 10.2 Å². The Balaban J connectivity index is 0.00000324. The lowest BCUT2D eigenvalue weighted by molar-refractivity contribution is -0.131. The number of likely N-dealkylation sites (N-methyl/N-ethyl adjacent to an activating group) is 1. The Morgan fingerprint density at radius 3 is 2.58 bits per heavy atom. The second kappa shape index (κ2) is 10.0. The molecule has 0 aromatic heterocycles. The van der Waals surface area contributed by atoms with Crippen LogP contribution in [0.15, 0.2) is 25.3 Å². The van der Waals surface area contributed by atoms with E-state index in [9.17, 15) is 4.79 Å². The second-order valence-corrected chi connectivity index (χ2v) is 4.74. The molecule has 1 heterocycles. The Hall–Kier alpha value is -0.840. The molecule has 1 aliphatic heterocycles. The number of hydrogen-bond acceptors (Lipinski definition) is 3. The van der Waals surface area contributed by atoms with Crippen molar-refractivity contribution in [3.63, 3.8) is 0 Å². The summed E-state index contributed by atoms with van der Waals surface area (Å²) in [5.74, 6) is 0.159. The molecule has 1 saturated heterocycles. The van der Waals surface area contributed by atoms with E-state index >= 15 is 0 Å². The van der Waals surface area contributed by atoms with Crippen LogP contribution in [-0.4, -0.2) is 61.5 Å². The van der Waals surface area contributed by atoms with E-state index in [4.69, 9.17) is 0 Å². The van der Waals surface area contributed by atoms with Gasteiger partial charge in [0.05, 0.1) is 6.54 Å². The molecule has 1 unspecified atom stereocenters. The van der Waals surface area contributed by atoms with Gasteiger partial charge in [0.25, 0.3) is 0 Å². The number of carbonyl (C=O) groups is 1. The summed E-state index contributed by atoms with van der Waals surface area (Å²) in [6, 6.07) is 0.513. The number of nitrogens with zero attached hydrogens (tertiary/aromatic N) is 2. The fourth-order valence-electron chi connectivity index (χ4n) is 2.32. The van der Waals surface area contributed by atoms with Gasteiger partial charge in [-0.05, 0) is 26.4 Å². The Morgan fingerprint density at radius 2 is 2.05 bits per heavy atom. The Bertz CT molecular complexity index is 286. The van der Waals surface area contributed by atoms with Crippen LogP contribution in [0.2, 0.25) is 0 Å². The molecule has 0 aliphatic carbocycles. The Morgan fingerprint density at radius 1 is 1.42 bits per heavy atom. The summed E-state index contributed by atoms with van der Waals surface area (Å²) in [5, 5.41) is 3.29. The van der Waals surface area contributed by atoms with Crippen molar-refractivity contribution in [2.75, 3.05) is 39.8 Å². The van der Waals surface area contributed by atoms with Gasteiger partial charge in [-0.15, -0.1) is 25.6 Å². The Labute approximate surface area is 122 Å². The van der Waals surface area contributed by atoms with Crippen molar-refractivity contribution in [2.45, 2.75) is 18.9 Å². The first-order valence-corrected chi connectivity index (χ1v) is 6.60. The van der Waals surface area contributed by atoms with E-state index in [0.29, 0.717) is 25.7 Å². The summed E-state index contributed by atoms with van der Waals surface area (Å²) < 4.78 is 0. The zero-order valence-corrected chi connectivity index (χ0v) is 12.6. The number of nitrogens with one attached hydrogen (secondary N) is 1. The molecule has 19 heavy (non-hydrogen) atoms. The van der Waals surface area contributed by atoms with Crippen LogP contribution in [0.25, 0.3) is 0 Å². The number of halogens is 1. The molecule has 1 N–H and O–H groups in total. The highest BCUT2D eigenvalue weighted by atomic mass is 35.5. The highest BCUT2D eigenvalue weighted by molar-refractivity contribution is 5.85. The number of likely N-dealkylation sites (tertiary alicyclic amines) is 1. The van der Waals surface area contributed by atoms with Crippen LogP contribution in [0, 0.1) is 0 Å². The minimum absolute atomic E-state index is 0. The fourth-order valence-corrected chi connectivity index (χ4v) is 2.32. The quantitative estimate of drug-likeness (QED) is 0.717. The van der Waals surface area contributed by atoms with Gasteiger partial charge in [0.1, 0.15) is 0 Å². The molecule has 5 heteroatoms. The Kier molecular flexibility index (Phi) is 9.57. The molecule has 4 nitrogen and oxygen atoms in total. The van der Waals surface area contributed by atoms with Crippen molar-refractivity contribution in [3.05, 3.63) is 25.3 Å². The fraction of sp³-hybridized carbons (Fsp3) is 0.643. The molecule has 110 valence electrons. The summed E-state index contributed by atoms with van der Waals surface area (Å²) in [7, 11) is 1.98. The lowest BCUT2D eigenvalue weighted by Crippen LogP contribution is -2.48. The molecule has 1 rings (SSSR count). The third-order valence-electron chi connectivity index (χ3n) is 3.32. The summed E-state index contributed by atoms with van der Waals surface area (Å²) in [5.41, 5.74) is 0. The predicted octanol–water partition coefficient (Wildman–Crippen LogP) is 1.29. The third-order valence-corrected chi connectivity index (χ3v) is 3.32. The standard InChI is InChI=1S/C14H25N3O.ClH/c1-4-8-17(9-5-2)14(18)12-16-10-6-7-13(11-16)15-3;/h4-5,13,15H,1-2,6-12H2,3H3;1H. The van der Waals surface area contributed by atoms with Crippen molar-refractivity contribution in [1.82, 2.24) is 15.1 Å². The van der Waals surface area contributed by atoms with E-state index in [1.807, 2.05) is 7.05 Å². The van der Waals surface area contributed by atoms with Crippen molar-refractivity contribution in [1.29, 1.82) is 0 Å². The van der Waals surface area contributed by atoms with Crippen LogP contribution >= 0.6 is 12.4 Å². The molecular formula is C14H26ClN3O. The highest BCUT2D eigenvalue weighted by Gasteiger charge is 2.21. The van der Waals surface area contributed by atoms with Crippen LogP contribution in [0.4, 0.5) is 0 Å². The minimum Gasteiger partial charge on any atom is -0.334 e. The summed E-state index contributed by atoms with van der Waals surface area (Å²) >= 11 is 0. The highest BCUT2D eigenvalue weighted by Crippen LogP contribution is 2.09. The lowest BCUT2D eigenvalue weighted by atomic mass is 10.1. The molecular weight excluding hydrogens is 262 g/mol. The van der Waals surface area contributed by atoms with Gasteiger partial charge in [0.2, 0.25) is 5.91 Å². The van der Waals surface area contributed by atoms with Gasteiger partial charge in [-0.2, -0.15) is 0 Å². The summed E-state index contributed by atoms with van der Waals surface area (Å²) in [4.78, 5) is 16.2. The average molecular weight is 288 g/mol. The molecule has 0 saturated carbocycles. The zero-order chi connectivity index (χ0) is 13.4. The van der Waals surface area contributed by atoms with E-state index in [1.165, 1.54) is 6.42 Å². The number of carbonyl (C=O) groups excluding carboxylic acids is 1. The predicted molar refractivity (Wildman–Crippen MR) is 82.7 cm³/mol. The van der Waals surface area contributed by atoms with Gasteiger partial charge >= 0.3 is 0 Å². The van der Waals surface area contributed by atoms with E-state index in [0.717, 1.165) is 19.5 Å². The second-order valence-electron chi connectivity index (χ2n) is 4.74. The van der Waals surface area contributed by atoms with E-state index in [1.54, 1.807) is 17.1 Å². The maximum Gasteiger partial charge on any atom is 0.237 e. The molecule has 0 bridgehead atoms. The van der Waals surface area contributed by atoms with Crippen LogP contribution in [0.3, 0.4) is 0 Å². The van der Waals surface area contributed by atoms with Crippen molar-refractivity contribution in [3.8, 4) is 0 Å². The molecule has 0 radical (unpaired) electrons. The van der Waals surface area contributed by atoms with E-state index in [-0.39, 0.29) is 18.3 Å². The monoisotopic (exact) mass is 287 g/mol. The molecule has 1 amide bonds. The third kappa shape index (κ3) is 6.23. The van der Waals surface area contributed by atoms with Gasteiger partial charge in [-0.3, -0.25) is 9.69 Å². The minimum atomic E-state index is 0. The van der Waals surface area contributed by atoms with E-state index in [2.05, 4.69) is 23.4 Å². The molecule has 1 aliphatic rings. The molecule has 1 fully saturated rings. The van der Waals surface area contributed by atoms with Crippen LogP contribution in [0.5, 0.6) is 0 Å². The smallest absolute Gasteiger partial charge is 0.237 e. The van der Waals surface area contributed by atoms with E-state index < -0.39 is 0 Å². The SMILES string of the molecule is C=CCN(CC=C)C(=O)CN1CCCC(NC)C1.Cl. The number of amides is 1. The molecule has 0 spiro atoms. The van der Waals surface area contributed by atoms with Crippen molar-refractivity contribution >= 4 is 18.3 Å². The molecule has 0 aromatic carbocycles. The van der Waals surface area contributed by atoms with Crippen molar-refractivity contribution < 1.29 is 4.79 Å². The number of hydrogen-bond donors (Lipinski definition) is 1. The van der Waals surface area contributed by atoms with Gasteiger partial charge in [-0.1, -0.05) is 12.2 Å². The number of piperidine rings is 1. The summed E-state index contributed by atoms with van der Waals surface area (Å²) in [6.45, 7) is 11.0. The number of rotatable bonds is 7. The van der Waals surface area contributed by atoms with Crippen LogP contribution < -0.4 is 5.32 Å². The van der Waals surface area contributed by atoms with Crippen LogP contribution in [0.1, 0.15) is 12.8 Å². The van der Waals surface area contributed by atoms with Crippen molar-refractivity contribution in [2.24, 2.45) is 0 Å². The molecule has 1 atom stereocenters. The first kappa shape index (κ1) is 18.2. The topological polar surface area (TPSA) is 35.6 Å². The maximum atomic E-state index is 12.2. The summed E-state index contributed by atoms with van der Waals surface area (Å²) in [6.07, 6.45) is 5.87. The maximum absolute atomic E-state index is 12.2. The largest absolute Gasteiger partial charge is 0.334 e. The first-order valence-electron chi connectivity index (χ1n) is 6.60. The first-order chi connectivity index (χ1) is 8.71. The molecule has 0 aromatic rings. The van der Waals surface area contributed by atoms with Crippen LogP contribution in [-0.2, 0) is 4.79 Å². The van der Waals surface area contributed by atoms with Gasteiger partial charge in [-0.25, -0.2) is 0 Å². The normalized spacial score (nSPS) is 19.3. The zero-order valence-electron chi connectivity index (χ0n) is 11.8. The van der Waals surface area contributed by atoms with Gasteiger partial charge in [0.15, 0.2) is 0 Å².